The summed E-state index contributed by atoms with van der Waals surface area (Å²) in [5, 5.41) is 9.50. The number of hydrogen-bond donors (Lipinski definition) is 2. The number of benzene rings is 1. The lowest BCUT2D eigenvalue weighted by atomic mass is 9.98. The highest BCUT2D eigenvalue weighted by atomic mass is 35.5. The molecule has 1 aromatic carbocycles. The molecule has 1 rings (SSSR count). The van der Waals surface area contributed by atoms with Crippen LogP contribution in [-0.4, -0.2) is 11.2 Å². The molecule has 2 nitrogen and oxygen atoms in total. The zero-order valence-electron chi connectivity index (χ0n) is 8.90. The Kier molecular flexibility index (Phi) is 5.80. The molecule has 1 aromatic rings. The molecule has 0 saturated carbocycles. The van der Waals surface area contributed by atoms with Crippen LogP contribution in [0.2, 0.25) is 0 Å². The first-order valence-corrected chi connectivity index (χ1v) is 4.76. The zero-order valence-corrected chi connectivity index (χ0v) is 9.72. The Balaban J connectivity index is 0.00000196. The molecule has 0 aromatic heterocycles. The third-order valence-electron chi connectivity index (χ3n) is 2.34. The van der Waals surface area contributed by atoms with Gasteiger partial charge in [-0.3, -0.25) is 0 Å². The van der Waals surface area contributed by atoms with Crippen molar-refractivity contribution in [3.63, 3.8) is 0 Å². The smallest absolute Gasteiger partial charge is 0.128 e. The van der Waals surface area contributed by atoms with E-state index in [0.29, 0.717) is 12.0 Å². The molecule has 0 saturated heterocycles. The van der Waals surface area contributed by atoms with Crippen molar-refractivity contribution >= 4 is 12.4 Å². The summed E-state index contributed by atoms with van der Waals surface area (Å²) in [5.74, 6) is -0.351. The van der Waals surface area contributed by atoms with Crippen molar-refractivity contribution in [3.05, 3.63) is 35.1 Å². The predicted octanol–water partition coefficient (Wildman–Crippen LogP) is 2.33. The van der Waals surface area contributed by atoms with Crippen molar-refractivity contribution in [2.45, 2.75) is 32.4 Å². The van der Waals surface area contributed by atoms with Crippen molar-refractivity contribution < 1.29 is 9.50 Å². The van der Waals surface area contributed by atoms with Crippen LogP contribution in [0.3, 0.4) is 0 Å². The van der Waals surface area contributed by atoms with Gasteiger partial charge in [0.1, 0.15) is 5.82 Å². The van der Waals surface area contributed by atoms with E-state index >= 15 is 0 Å². The number of aryl methyl sites for hydroxylation is 1. The molecule has 0 bridgehead atoms. The molecule has 0 unspecified atom stereocenters. The van der Waals surface area contributed by atoms with Crippen LogP contribution in [0, 0.1) is 12.7 Å². The zero-order chi connectivity index (χ0) is 10.7. The van der Waals surface area contributed by atoms with Crippen molar-refractivity contribution in [3.8, 4) is 0 Å². The summed E-state index contributed by atoms with van der Waals surface area (Å²) < 4.78 is 13.3. The van der Waals surface area contributed by atoms with Gasteiger partial charge in [-0.25, -0.2) is 4.39 Å². The maximum absolute atomic E-state index is 13.3. The number of aliphatic hydroxyl groups excluding tert-OH is 1. The number of aliphatic hydroxyl groups is 1. The summed E-state index contributed by atoms with van der Waals surface area (Å²) in [7, 11) is 0. The summed E-state index contributed by atoms with van der Waals surface area (Å²) in [5.41, 5.74) is 7.06. The lowest BCUT2D eigenvalue weighted by Crippen LogP contribution is -2.26. The largest absolute Gasteiger partial charge is 0.391 e. The highest BCUT2D eigenvalue weighted by Crippen LogP contribution is 2.20. The van der Waals surface area contributed by atoms with Gasteiger partial charge < -0.3 is 10.8 Å². The second-order valence-corrected chi connectivity index (χ2v) is 3.53. The minimum absolute atomic E-state index is 0. The summed E-state index contributed by atoms with van der Waals surface area (Å²) >= 11 is 0. The molecular weight excluding hydrogens is 217 g/mol. The van der Waals surface area contributed by atoms with E-state index in [0.717, 1.165) is 5.56 Å². The summed E-state index contributed by atoms with van der Waals surface area (Å²) in [4.78, 5) is 0. The Labute approximate surface area is 95.7 Å². The number of rotatable bonds is 3. The molecule has 0 spiro atoms. The van der Waals surface area contributed by atoms with E-state index in [1.165, 1.54) is 6.07 Å². The molecule has 86 valence electrons. The minimum atomic E-state index is -0.689. The molecule has 0 aliphatic heterocycles. The van der Waals surface area contributed by atoms with Crippen molar-refractivity contribution in [2.75, 3.05) is 0 Å². The van der Waals surface area contributed by atoms with Gasteiger partial charge in [0.05, 0.1) is 12.1 Å². The molecule has 3 N–H and O–H groups in total. The SMILES string of the molecule is CC[C@H](O)[C@H](N)c1cc(C)ccc1F.Cl. The highest BCUT2D eigenvalue weighted by Gasteiger charge is 2.18. The van der Waals surface area contributed by atoms with E-state index in [1.807, 2.05) is 13.8 Å². The van der Waals surface area contributed by atoms with Crippen molar-refractivity contribution in [1.82, 2.24) is 0 Å². The van der Waals surface area contributed by atoms with E-state index in [9.17, 15) is 9.50 Å². The second-order valence-electron chi connectivity index (χ2n) is 3.53. The Bertz CT molecular complexity index is 319. The number of halogens is 2. The maximum atomic E-state index is 13.3. The third kappa shape index (κ3) is 3.45. The lowest BCUT2D eigenvalue weighted by Gasteiger charge is -2.18. The van der Waals surface area contributed by atoms with Gasteiger partial charge in [-0.1, -0.05) is 24.6 Å². The molecule has 0 heterocycles. The van der Waals surface area contributed by atoms with Crippen molar-refractivity contribution in [1.29, 1.82) is 0 Å². The summed E-state index contributed by atoms with van der Waals surface area (Å²) in [6.07, 6.45) is -0.166. The molecular formula is C11H17ClFNO. The van der Waals surface area contributed by atoms with E-state index < -0.39 is 12.1 Å². The Morgan fingerprint density at radius 1 is 1.47 bits per heavy atom. The van der Waals surface area contributed by atoms with Crippen molar-refractivity contribution in [2.24, 2.45) is 5.73 Å². The minimum Gasteiger partial charge on any atom is -0.391 e. The first-order valence-electron chi connectivity index (χ1n) is 4.76. The van der Waals surface area contributed by atoms with Gasteiger partial charge >= 0.3 is 0 Å². The lowest BCUT2D eigenvalue weighted by molar-refractivity contribution is 0.139. The average molecular weight is 234 g/mol. The standard InChI is InChI=1S/C11H16FNO.ClH/c1-3-10(14)11(13)8-6-7(2)4-5-9(8)12;/h4-6,10-11,14H,3,13H2,1-2H3;1H/t10-,11+;/m0./s1. The maximum Gasteiger partial charge on any atom is 0.128 e. The van der Waals surface area contributed by atoms with Crippen LogP contribution in [-0.2, 0) is 0 Å². The van der Waals surface area contributed by atoms with Gasteiger partial charge in [-0.05, 0) is 19.4 Å². The Hall–Kier alpha value is -0.640. The van der Waals surface area contributed by atoms with Crippen LogP contribution < -0.4 is 5.73 Å². The van der Waals surface area contributed by atoms with Crippen LogP contribution in [0.25, 0.3) is 0 Å². The molecule has 2 atom stereocenters. The van der Waals surface area contributed by atoms with Crippen LogP contribution in [0.1, 0.15) is 30.5 Å². The van der Waals surface area contributed by atoms with Crippen LogP contribution >= 0.6 is 12.4 Å². The van der Waals surface area contributed by atoms with E-state index in [-0.39, 0.29) is 18.2 Å². The molecule has 0 amide bonds. The van der Waals surface area contributed by atoms with Crippen LogP contribution in [0.5, 0.6) is 0 Å². The number of nitrogens with two attached hydrogens (primary N) is 1. The first-order chi connectivity index (χ1) is 6.56. The van der Waals surface area contributed by atoms with Gasteiger partial charge in [0.15, 0.2) is 0 Å². The average Bonchev–Trinajstić information content (AvgIpc) is 2.19. The fourth-order valence-corrected chi connectivity index (χ4v) is 1.38. The molecule has 4 heteroatoms. The van der Waals surface area contributed by atoms with E-state index in [4.69, 9.17) is 5.73 Å². The van der Waals surface area contributed by atoms with Gasteiger partial charge in [-0.15, -0.1) is 12.4 Å². The van der Waals surface area contributed by atoms with Crippen LogP contribution in [0.4, 0.5) is 4.39 Å². The summed E-state index contributed by atoms with van der Waals surface area (Å²) in [6.45, 7) is 3.69. The summed E-state index contributed by atoms with van der Waals surface area (Å²) in [6, 6.07) is 4.11. The molecule has 0 fully saturated rings. The Morgan fingerprint density at radius 3 is 2.60 bits per heavy atom. The fraction of sp³-hybridized carbons (Fsp3) is 0.455. The monoisotopic (exact) mass is 233 g/mol. The highest BCUT2D eigenvalue weighted by molar-refractivity contribution is 5.85. The van der Waals surface area contributed by atoms with Gasteiger partial charge in [0.25, 0.3) is 0 Å². The topological polar surface area (TPSA) is 46.2 Å². The predicted molar refractivity (Wildman–Crippen MR) is 61.6 cm³/mol. The molecule has 0 aliphatic carbocycles. The first kappa shape index (κ1) is 14.4. The van der Waals surface area contributed by atoms with Gasteiger partial charge in [-0.2, -0.15) is 0 Å². The third-order valence-corrected chi connectivity index (χ3v) is 2.34. The quantitative estimate of drug-likeness (QED) is 0.842. The fourth-order valence-electron chi connectivity index (χ4n) is 1.38. The molecule has 0 aliphatic rings. The Morgan fingerprint density at radius 2 is 2.07 bits per heavy atom. The van der Waals surface area contributed by atoms with E-state index in [1.54, 1.807) is 12.1 Å². The van der Waals surface area contributed by atoms with E-state index in [2.05, 4.69) is 0 Å². The second kappa shape index (κ2) is 6.05. The molecule has 0 radical (unpaired) electrons. The van der Waals surface area contributed by atoms with Gasteiger partial charge in [0, 0.05) is 5.56 Å². The molecule has 15 heavy (non-hydrogen) atoms. The van der Waals surface area contributed by atoms with Gasteiger partial charge in [0.2, 0.25) is 0 Å². The normalized spacial score (nSPS) is 14.2. The van der Waals surface area contributed by atoms with Crippen LogP contribution in [0.15, 0.2) is 18.2 Å². The number of hydrogen-bond acceptors (Lipinski definition) is 2.